The minimum absolute atomic E-state index is 0.867. The zero-order valence-electron chi connectivity index (χ0n) is 15.4. The fourth-order valence-electron chi connectivity index (χ4n) is 3.61. The van der Waals surface area contributed by atoms with Gasteiger partial charge in [0.1, 0.15) is 0 Å². The number of hydrogen-bond donors (Lipinski definition) is 0. The summed E-state index contributed by atoms with van der Waals surface area (Å²) in [6.45, 7) is 0. The van der Waals surface area contributed by atoms with Gasteiger partial charge in [0.25, 0.3) is 0 Å². The molecular formula is C27H19O+. The van der Waals surface area contributed by atoms with Crippen LogP contribution in [-0.4, -0.2) is 0 Å². The van der Waals surface area contributed by atoms with Gasteiger partial charge < -0.3 is 0 Å². The number of hydrogen-bond acceptors (Lipinski definition) is 0. The van der Waals surface area contributed by atoms with E-state index in [1.54, 1.807) is 0 Å². The molecule has 1 aromatic heterocycles. The topological polar surface area (TPSA) is 11.3 Å². The van der Waals surface area contributed by atoms with Crippen LogP contribution in [0.25, 0.3) is 44.9 Å². The highest BCUT2D eigenvalue weighted by molar-refractivity contribution is 5.86. The Bertz CT molecular complexity index is 1140. The molecule has 0 unspecified atom stereocenters. The molecule has 28 heavy (non-hydrogen) atoms. The molecular weight excluding hydrogens is 340 g/mol. The smallest absolute Gasteiger partial charge is 0.207 e. The molecule has 132 valence electrons. The molecule has 2 aliphatic carbocycles. The minimum atomic E-state index is 0.867. The number of benzene rings is 2. The maximum atomic E-state index is 6.41. The van der Waals surface area contributed by atoms with Crippen LogP contribution in [0.1, 0.15) is 0 Å². The van der Waals surface area contributed by atoms with Crippen molar-refractivity contribution in [2.75, 3.05) is 0 Å². The Morgan fingerprint density at radius 1 is 0.357 bits per heavy atom. The monoisotopic (exact) mass is 359 g/mol. The average Bonchev–Trinajstić information content (AvgIpc) is 3.03. The van der Waals surface area contributed by atoms with Gasteiger partial charge in [0.2, 0.25) is 0 Å². The Balaban J connectivity index is 1.74. The van der Waals surface area contributed by atoms with Crippen LogP contribution in [-0.2, 0) is 0 Å². The molecule has 0 amide bonds. The molecule has 0 saturated heterocycles. The summed E-state index contributed by atoms with van der Waals surface area (Å²) in [7, 11) is 0. The lowest BCUT2D eigenvalue weighted by molar-refractivity contribution is 0.583. The van der Waals surface area contributed by atoms with Gasteiger partial charge in [-0.25, -0.2) is 4.42 Å². The first-order chi connectivity index (χ1) is 13.9. The van der Waals surface area contributed by atoms with Gasteiger partial charge in [0.05, 0.1) is 23.3 Å². The van der Waals surface area contributed by atoms with Crippen molar-refractivity contribution in [3.8, 4) is 44.9 Å². The van der Waals surface area contributed by atoms with E-state index >= 15 is 0 Å². The van der Waals surface area contributed by atoms with E-state index in [1.165, 1.54) is 16.7 Å². The maximum absolute atomic E-state index is 6.41. The van der Waals surface area contributed by atoms with Crippen LogP contribution in [0.5, 0.6) is 0 Å². The quantitative estimate of drug-likeness (QED) is 0.301. The SMILES string of the molecule is c1ccc(-c2cc(-c3ccccc3)[o+]c(-c3ccc4cccccc3-4)c2)cc1. The highest BCUT2D eigenvalue weighted by atomic mass is 16.3. The number of rotatable bonds is 3. The van der Waals surface area contributed by atoms with Crippen molar-refractivity contribution in [1.29, 1.82) is 0 Å². The molecule has 0 saturated carbocycles. The fraction of sp³-hybridized carbons (Fsp3) is 0. The molecule has 0 N–H and O–H groups in total. The molecule has 0 radical (unpaired) electrons. The first-order valence-corrected chi connectivity index (χ1v) is 9.46. The second-order valence-electron chi connectivity index (χ2n) is 6.83. The average molecular weight is 359 g/mol. The molecule has 0 bridgehead atoms. The van der Waals surface area contributed by atoms with Crippen molar-refractivity contribution >= 4 is 0 Å². The highest BCUT2D eigenvalue weighted by Crippen LogP contribution is 2.39. The van der Waals surface area contributed by atoms with Gasteiger partial charge >= 0.3 is 11.5 Å². The first kappa shape index (κ1) is 16.5. The molecule has 1 heterocycles. The predicted molar refractivity (Wildman–Crippen MR) is 116 cm³/mol. The largest absolute Gasteiger partial charge is 0.362 e. The van der Waals surface area contributed by atoms with Crippen LogP contribution in [0.2, 0.25) is 0 Å². The van der Waals surface area contributed by atoms with Gasteiger partial charge in [-0.2, -0.15) is 0 Å². The van der Waals surface area contributed by atoms with Crippen molar-refractivity contribution in [2.45, 2.75) is 0 Å². The third-order valence-electron chi connectivity index (χ3n) is 5.02. The van der Waals surface area contributed by atoms with Crippen molar-refractivity contribution in [3.63, 3.8) is 0 Å². The molecule has 0 atom stereocenters. The summed E-state index contributed by atoms with van der Waals surface area (Å²) in [6.07, 6.45) is 0. The lowest BCUT2D eigenvalue weighted by Crippen LogP contribution is -1.86. The van der Waals surface area contributed by atoms with Crippen LogP contribution < -0.4 is 0 Å². The summed E-state index contributed by atoms with van der Waals surface area (Å²) in [5, 5.41) is 0. The third-order valence-corrected chi connectivity index (χ3v) is 5.02. The van der Waals surface area contributed by atoms with Gasteiger partial charge in [-0.15, -0.1) is 0 Å². The molecule has 0 aliphatic heterocycles. The van der Waals surface area contributed by atoms with Crippen LogP contribution in [0.15, 0.2) is 120 Å². The molecule has 1 heteroatoms. The second kappa shape index (κ2) is 7.13. The lowest BCUT2D eigenvalue weighted by Gasteiger charge is -2.02. The summed E-state index contributed by atoms with van der Waals surface area (Å²) in [6, 6.07) is 39.8. The molecule has 5 rings (SSSR count). The van der Waals surface area contributed by atoms with E-state index in [2.05, 4.69) is 91.0 Å². The van der Waals surface area contributed by atoms with E-state index in [0.29, 0.717) is 0 Å². The van der Waals surface area contributed by atoms with Crippen molar-refractivity contribution in [1.82, 2.24) is 0 Å². The van der Waals surface area contributed by atoms with E-state index in [0.717, 1.165) is 28.2 Å². The standard InChI is InChI=1S/C27H19O/c1-4-10-20(11-5-1)23-18-26(22-13-7-2-8-14-22)28-27(19-23)25-17-16-21-12-6-3-9-15-24(21)25/h1-19H/q+1. The van der Waals surface area contributed by atoms with Crippen LogP contribution in [0.3, 0.4) is 0 Å². The Morgan fingerprint density at radius 2 is 0.929 bits per heavy atom. The Morgan fingerprint density at radius 3 is 1.64 bits per heavy atom. The summed E-state index contributed by atoms with van der Waals surface area (Å²) >= 11 is 0. The van der Waals surface area contributed by atoms with E-state index in [9.17, 15) is 0 Å². The van der Waals surface area contributed by atoms with E-state index in [1.807, 2.05) is 24.3 Å². The summed E-state index contributed by atoms with van der Waals surface area (Å²) < 4.78 is 6.41. The molecule has 2 aliphatic rings. The van der Waals surface area contributed by atoms with Crippen LogP contribution >= 0.6 is 0 Å². The van der Waals surface area contributed by atoms with Crippen molar-refractivity contribution in [2.24, 2.45) is 0 Å². The van der Waals surface area contributed by atoms with E-state index < -0.39 is 0 Å². The van der Waals surface area contributed by atoms with Crippen molar-refractivity contribution < 1.29 is 4.42 Å². The molecule has 0 spiro atoms. The van der Waals surface area contributed by atoms with Gasteiger partial charge in [-0.1, -0.05) is 84.9 Å². The zero-order valence-corrected chi connectivity index (χ0v) is 15.4. The van der Waals surface area contributed by atoms with Gasteiger partial charge in [-0.05, 0) is 34.9 Å². The van der Waals surface area contributed by atoms with Gasteiger partial charge in [0.15, 0.2) is 0 Å². The lowest BCUT2D eigenvalue weighted by atomic mass is 10.0. The van der Waals surface area contributed by atoms with Crippen molar-refractivity contribution in [3.05, 3.63) is 115 Å². The highest BCUT2D eigenvalue weighted by Gasteiger charge is 2.24. The molecule has 2 aromatic carbocycles. The second-order valence-corrected chi connectivity index (χ2v) is 6.83. The first-order valence-electron chi connectivity index (χ1n) is 9.46. The zero-order chi connectivity index (χ0) is 18.8. The van der Waals surface area contributed by atoms with Crippen LogP contribution in [0.4, 0.5) is 0 Å². The fourth-order valence-corrected chi connectivity index (χ4v) is 3.61. The molecule has 3 aromatic rings. The third kappa shape index (κ3) is 3.08. The van der Waals surface area contributed by atoms with E-state index in [4.69, 9.17) is 4.42 Å². The summed E-state index contributed by atoms with van der Waals surface area (Å²) in [5.41, 5.74) is 6.91. The molecule has 1 nitrogen and oxygen atoms in total. The minimum Gasteiger partial charge on any atom is -0.207 e. The van der Waals surface area contributed by atoms with Gasteiger partial charge in [0, 0.05) is 5.56 Å². The molecule has 0 fully saturated rings. The summed E-state index contributed by atoms with van der Waals surface area (Å²) in [4.78, 5) is 0. The Hall–Kier alpha value is -3.71. The van der Waals surface area contributed by atoms with Crippen LogP contribution in [0, 0.1) is 0 Å². The van der Waals surface area contributed by atoms with Gasteiger partial charge in [-0.3, -0.25) is 0 Å². The number of fused-ring (bicyclic) bond motifs is 1. The van der Waals surface area contributed by atoms with E-state index in [-0.39, 0.29) is 0 Å². The maximum Gasteiger partial charge on any atom is 0.362 e. The Kier molecular flexibility index (Phi) is 4.19. The normalized spacial score (nSPS) is 10.9. The Labute approximate surface area is 164 Å². The predicted octanol–water partition coefficient (Wildman–Crippen LogP) is 7.67. The summed E-state index contributed by atoms with van der Waals surface area (Å²) in [5.74, 6) is 1.74.